The van der Waals surface area contributed by atoms with Crippen molar-refractivity contribution in [2.24, 2.45) is 5.73 Å². The summed E-state index contributed by atoms with van der Waals surface area (Å²) >= 11 is 0. The van der Waals surface area contributed by atoms with E-state index in [0.29, 0.717) is 0 Å². The van der Waals surface area contributed by atoms with E-state index in [1.807, 2.05) is 12.4 Å². The zero-order chi connectivity index (χ0) is 12.3. The number of nitrogens with zero attached hydrogens (tertiary/aromatic N) is 2. The molecule has 1 rings (SSSR count). The predicted octanol–water partition coefficient (Wildman–Crippen LogP) is 2.07. The van der Waals surface area contributed by atoms with Crippen LogP contribution in [0.1, 0.15) is 31.7 Å². The molecule has 96 valence electrons. The summed E-state index contributed by atoms with van der Waals surface area (Å²) in [6.45, 7) is 6.52. The Balaban J connectivity index is 2.18. The molecule has 0 aliphatic heterocycles. The van der Waals surface area contributed by atoms with Crippen LogP contribution in [0.3, 0.4) is 0 Å². The monoisotopic (exact) mass is 235 g/mol. The number of nitrogens with two attached hydrogens (primary N) is 1. The van der Waals surface area contributed by atoms with Crippen molar-refractivity contribution in [1.82, 2.24) is 9.88 Å². The molecule has 1 aromatic heterocycles. The zero-order valence-electron chi connectivity index (χ0n) is 10.9. The number of rotatable bonds is 9. The highest BCUT2D eigenvalue weighted by molar-refractivity contribution is 5.09. The van der Waals surface area contributed by atoms with E-state index in [4.69, 9.17) is 5.73 Å². The van der Waals surface area contributed by atoms with Gasteiger partial charge in [-0.2, -0.15) is 0 Å². The Labute approximate surface area is 105 Å². The first-order chi connectivity index (χ1) is 8.36. The van der Waals surface area contributed by atoms with E-state index in [1.165, 1.54) is 24.9 Å². The maximum Gasteiger partial charge on any atom is 0.0270 e. The smallest absolute Gasteiger partial charge is 0.0270 e. The molecule has 0 amide bonds. The zero-order valence-corrected chi connectivity index (χ0v) is 10.9. The Hall–Kier alpha value is -0.930. The summed E-state index contributed by atoms with van der Waals surface area (Å²) < 4.78 is 0. The summed E-state index contributed by atoms with van der Waals surface area (Å²) in [6, 6.07) is 4.20. The molecule has 3 nitrogen and oxygen atoms in total. The van der Waals surface area contributed by atoms with E-state index >= 15 is 0 Å². The summed E-state index contributed by atoms with van der Waals surface area (Å²) in [7, 11) is 0. The molecule has 2 N–H and O–H groups in total. The van der Waals surface area contributed by atoms with Gasteiger partial charge in [-0.25, -0.2) is 0 Å². The second-order valence-electron chi connectivity index (χ2n) is 4.39. The molecule has 0 saturated heterocycles. The molecule has 0 spiro atoms. The molecule has 0 aliphatic carbocycles. The van der Waals surface area contributed by atoms with Crippen molar-refractivity contribution in [3.05, 3.63) is 30.1 Å². The molecule has 0 aromatic carbocycles. The molecule has 0 aliphatic rings. The van der Waals surface area contributed by atoms with Crippen LogP contribution in [-0.4, -0.2) is 36.1 Å². The van der Waals surface area contributed by atoms with Gasteiger partial charge in [0.25, 0.3) is 0 Å². The first kappa shape index (κ1) is 14.1. The molecule has 1 aromatic rings. The van der Waals surface area contributed by atoms with Crippen LogP contribution in [0.4, 0.5) is 0 Å². The predicted molar refractivity (Wildman–Crippen MR) is 73.0 cm³/mol. The minimum absolute atomic E-state index is 0.823. The Kier molecular flexibility index (Phi) is 7.60. The van der Waals surface area contributed by atoms with Crippen molar-refractivity contribution in [3.8, 4) is 0 Å². The van der Waals surface area contributed by atoms with E-state index in [1.54, 1.807) is 0 Å². The van der Waals surface area contributed by atoms with Crippen LogP contribution in [0.5, 0.6) is 0 Å². The van der Waals surface area contributed by atoms with Crippen LogP contribution in [-0.2, 0) is 6.42 Å². The lowest BCUT2D eigenvalue weighted by Crippen LogP contribution is -2.27. The van der Waals surface area contributed by atoms with Crippen LogP contribution < -0.4 is 5.73 Å². The number of pyridine rings is 1. The van der Waals surface area contributed by atoms with Crippen LogP contribution in [0.2, 0.25) is 0 Å². The minimum Gasteiger partial charge on any atom is -0.330 e. The maximum atomic E-state index is 5.49. The van der Waals surface area contributed by atoms with Crippen molar-refractivity contribution in [3.63, 3.8) is 0 Å². The number of hydrogen-bond donors (Lipinski definition) is 1. The normalized spacial score (nSPS) is 11.0. The van der Waals surface area contributed by atoms with Crippen LogP contribution in [0, 0.1) is 0 Å². The highest BCUT2D eigenvalue weighted by Gasteiger charge is 2.02. The molecular formula is C14H25N3. The minimum atomic E-state index is 0.823. The number of hydrogen-bond acceptors (Lipinski definition) is 3. The fourth-order valence-corrected chi connectivity index (χ4v) is 1.92. The molecule has 1 heterocycles. The first-order valence-corrected chi connectivity index (χ1v) is 6.68. The van der Waals surface area contributed by atoms with Gasteiger partial charge in [0.2, 0.25) is 0 Å². The van der Waals surface area contributed by atoms with E-state index in [2.05, 4.69) is 28.9 Å². The van der Waals surface area contributed by atoms with Crippen LogP contribution in [0.25, 0.3) is 0 Å². The SMILES string of the molecule is CCN(CCCCCN)CCc1ccncc1. The third-order valence-corrected chi connectivity index (χ3v) is 3.09. The van der Waals surface area contributed by atoms with Crippen molar-refractivity contribution in [1.29, 1.82) is 0 Å². The summed E-state index contributed by atoms with van der Waals surface area (Å²) in [4.78, 5) is 6.55. The average Bonchev–Trinajstić information content (AvgIpc) is 2.39. The van der Waals surface area contributed by atoms with Crippen LogP contribution >= 0.6 is 0 Å². The Bertz CT molecular complexity index is 274. The highest BCUT2D eigenvalue weighted by atomic mass is 15.1. The molecule has 0 unspecified atom stereocenters. The summed E-state index contributed by atoms with van der Waals surface area (Å²) in [6.07, 6.45) is 8.53. The molecule has 0 radical (unpaired) electrons. The summed E-state index contributed by atoms with van der Waals surface area (Å²) in [5.74, 6) is 0. The second-order valence-corrected chi connectivity index (χ2v) is 4.39. The third-order valence-electron chi connectivity index (χ3n) is 3.09. The van der Waals surface area contributed by atoms with E-state index in [-0.39, 0.29) is 0 Å². The van der Waals surface area contributed by atoms with Crippen molar-refractivity contribution in [2.75, 3.05) is 26.2 Å². The fourth-order valence-electron chi connectivity index (χ4n) is 1.92. The average molecular weight is 235 g/mol. The highest BCUT2D eigenvalue weighted by Crippen LogP contribution is 2.02. The second kappa shape index (κ2) is 9.14. The van der Waals surface area contributed by atoms with Gasteiger partial charge in [0.1, 0.15) is 0 Å². The van der Waals surface area contributed by atoms with Crippen LogP contribution in [0.15, 0.2) is 24.5 Å². The van der Waals surface area contributed by atoms with Gasteiger partial charge in [0, 0.05) is 18.9 Å². The number of aromatic nitrogens is 1. The lowest BCUT2D eigenvalue weighted by molar-refractivity contribution is 0.284. The van der Waals surface area contributed by atoms with Gasteiger partial charge in [-0.05, 0) is 56.6 Å². The first-order valence-electron chi connectivity index (χ1n) is 6.68. The quantitative estimate of drug-likeness (QED) is 0.666. The summed E-state index contributed by atoms with van der Waals surface area (Å²) in [5, 5.41) is 0. The van der Waals surface area contributed by atoms with Crippen molar-refractivity contribution < 1.29 is 0 Å². The standard InChI is InChI=1S/C14H25N3/c1-2-17(12-5-3-4-9-15)13-8-14-6-10-16-11-7-14/h6-7,10-11H,2-5,8-9,12-13,15H2,1H3. The third kappa shape index (κ3) is 6.39. The maximum absolute atomic E-state index is 5.49. The Morgan fingerprint density at radius 2 is 1.88 bits per heavy atom. The van der Waals surface area contributed by atoms with Gasteiger partial charge in [0.15, 0.2) is 0 Å². The van der Waals surface area contributed by atoms with Gasteiger partial charge < -0.3 is 10.6 Å². The fraction of sp³-hybridized carbons (Fsp3) is 0.643. The van der Waals surface area contributed by atoms with Gasteiger partial charge in [-0.3, -0.25) is 4.98 Å². The number of unbranched alkanes of at least 4 members (excludes halogenated alkanes) is 2. The Morgan fingerprint density at radius 3 is 2.53 bits per heavy atom. The summed E-state index contributed by atoms with van der Waals surface area (Å²) in [5.41, 5.74) is 6.87. The largest absolute Gasteiger partial charge is 0.330 e. The molecule has 3 heteroatoms. The molecule has 0 atom stereocenters. The van der Waals surface area contributed by atoms with Gasteiger partial charge >= 0.3 is 0 Å². The lowest BCUT2D eigenvalue weighted by Gasteiger charge is -2.20. The van der Waals surface area contributed by atoms with Gasteiger partial charge in [0.05, 0.1) is 0 Å². The molecule has 0 saturated carbocycles. The van der Waals surface area contributed by atoms with E-state index in [9.17, 15) is 0 Å². The topological polar surface area (TPSA) is 42.1 Å². The molecule has 17 heavy (non-hydrogen) atoms. The van der Waals surface area contributed by atoms with E-state index in [0.717, 1.165) is 32.5 Å². The van der Waals surface area contributed by atoms with Gasteiger partial charge in [-0.15, -0.1) is 0 Å². The Morgan fingerprint density at radius 1 is 1.12 bits per heavy atom. The van der Waals surface area contributed by atoms with E-state index < -0.39 is 0 Å². The molecule has 0 bridgehead atoms. The number of likely N-dealkylation sites (N-methyl/N-ethyl adjacent to an activating group) is 1. The molecule has 0 fully saturated rings. The van der Waals surface area contributed by atoms with Crippen molar-refractivity contribution >= 4 is 0 Å². The van der Waals surface area contributed by atoms with Crippen molar-refractivity contribution in [2.45, 2.75) is 32.6 Å². The van der Waals surface area contributed by atoms with Gasteiger partial charge in [-0.1, -0.05) is 13.3 Å². The lowest BCUT2D eigenvalue weighted by atomic mass is 10.2. The molecular weight excluding hydrogens is 210 g/mol.